The van der Waals surface area contributed by atoms with E-state index in [-0.39, 0.29) is 0 Å². The van der Waals surface area contributed by atoms with E-state index in [9.17, 15) is 4.79 Å². The third kappa shape index (κ3) is 2.38. The van der Waals surface area contributed by atoms with E-state index in [4.69, 9.17) is 4.43 Å². The molecule has 0 aliphatic carbocycles. The molecule has 0 aliphatic rings. The fourth-order valence-electron chi connectivity index (χ4n) is 1.53. The predicted octanol–water partition coefficient (Wildman–Crippen LogP) is 0.965. The van der Waals surface area contributed by atoms with Crippen molar-refractivity contribution in [1.29, 1.82) is 0 Å². The maximum Gasteiger partial charge on any atom is 0.356 e. The maximum atomic E-state index is 10.6. The van der Waals surface area contributed by atoms with Gasteiger partial charge < -0.3 is 4.43 Å². The molecule has 0 bridgehead atoms. The van der Waals surface area contributed by atoms with Crippen LogP contribution in [-0.2, 0) is 9.22 Å². The molecule has 0 fully saturated rings. The molecule has 0 saturated heterocycles. The van der Waals surface area contributed by atoms with Crippen LogP contribution >= 0.6 is 0 Å². The van der Waals surface area contributed by atoms with Crippen molar-refractivity contribution in [2.75, 3.05) is 0 Å². The van der Waals surface area contributed by atoms with Crippen LogP contribution in [0, 0.1) is 0 Å². The van der Waals surface area contributed by atoms with E-state index in [1.807, 2.05) is 60.7 Å². The minimum absolute atomic E-state index is 0.536. The first-order valence-corrected chi connectivity index (χ1v) is 6.41. The summed E-state index contributed by atoms with van der Waals surface area (Å²) >= 11 is 0. The molecule has 0 unspecified atom stereocenters. The van der Waals surface area contributed by atoms with E-state index in [1.165, 1.54) is 0 Å². The van der Waals surface area contributed by atoms with E-state index < -0.39 is 9.04 Å². The first kappa shape index (κ1) is 10.6. The Morgan fingerprint density at radius 1 is 0.812 bits per heavy atom. The summed E-state index contributed by atoms with van der Waals surface area (Å²) in [5.41, 5.74) is 0. The highest BCUT2D eigenvalue weighted by Crippen LogP contribution is 1.93. The third-order valence-electron chi connectivity index (χ3n) is 2.24. The Kier molecular flexibility index (Phi) is 3.51. The van der Waals surface area contributed by atoms with Crippen LogP contribution < -0.4 is 10.4 Å². The summed E-state index contributed by atoms with van der Waals surface area (Å²) in [5.74, 6) is 0. The van der Waals surface area contributed by atoms with Crippen LogP contribution in [0.2, 0.25) is 0 Å². The van der Waals surface area contributed by atoms with Crippen LogP contribution in [0.5, 0.6) is 0 Å². The van der Waals surface area contributed by atoms with Gasteiger partial charge in [0.15, 0.2) is 0 Å². The van der Waals surface area contributed by atoms with E-state index in [0.29, 0.717) is 6.47 Å². The zero-order valence-corrected chi connectivity index (χ0v) is 9.67. The summed E-state index contributed by atoms with van der Waals surface area (Å²) < 4.78 is 5.24. The average molecular weight is 227 g/mol. The molecule has 79 valence electrons. The van der Waals surface area contributed by atoms with Gasteiger partial charge >= 0.3 is 9.04 Å². The number of carbonyl (C=O) groups is 1. The van der Waals surface area contributed by atoms with Crippen molar-refractivity contribution >= 4 is 25.9 Å². The van der Waals surface area contributed by atoms with Crippen molar-refractivity contribution in [2.45, 2.75) is 0 Å². The Labute approximate surface area is 96.2 Å². The summed E-state index contributed by atoms with van der Waals surface area (Å²) in [6.07, 6.45) is 0. The number of carbonyl (C=O) groups excluding carboxylic acids is 1. The second kappa shape index (κ2) is 5.28. The summed E-state index contributed by atoms with van der Waals surface area (Å²) in [6.45, 7) is 0.536. The average Bonchev–Trinajstić information content (AvgIpc) is 2.38. The van der Waals surface area contributed by atoms with Gasteiger partial charge in [-0.1, -0.05) is 60.7 Å². The quantitative estimate of drug-likeness (QED) is 0.574. The van der Waals surface area contributed by atoms with Crippen molar-refractivity contribution < 1.29 is 9.22 Å². The van der Waals surface area contributed by atoms with Crippen molar-refractivity contribution in [3.05, 3.63) is 60.7 Å². The van der Waals surface area contributed by atoms with Crippen molar-refractivity contribution in [1.82, 2.24) is 0 Å². The fraction of sp³-hybridized carbons (Fsp3) is 0. The normalized spacial score (nSPS) is 10.1. The molecule has 0 heterocycles. The second-order valence-corrected chi connectivity index (χ2v) is 5.32. The van der Waals surface area contributed by atoms with E-state index in [0.717, 1.165) is 10.4 Å². The highest BCUT2D eigenvalue weighted by atomic mass is 28.3. The maximum absolute atomic E-state index is 10.6. The van der Waals surface area contributed by atoms with Gasteiger partial charge in [0.1, 0.15) is 0 Å². The van der Waals surface area contributed by atoms with Crippen molar-refractivity contribution in [2.24, 2.45) is 0 Å². The van der Waals surface area contributed by atoms with Gasteiger partial charge in [-0.2, -0.15) is 0 Å². The molecule has 2 rings (SSSR count). The van der Waals surface area contributed by atoms with Gasteiger partial charge in [-0.15, -0.1) is 0 Å². The van der Waals surface area contributed by atoms with Gasteiger partial charge in [-0.3, -0.25) is 4.79 Å². The van der Waals surface area contributed by atoms with Crippen LogP contribution in [0.3, 0.4) is 0 Å². The fourth-order valence-corrected chi connectivity index (χ4v) is 3.22. The minimum atomic E-state index is -1.42. The van der Waals surface area contributed by atoms with Crippen molar-refractivity contribution in [3.63, 3.8) is 0 Å². The lowest BCUT2D eigenvalue weighted by Crippen LogP contribution is -2.44. The second-order valence-electron chi connectivity index (χ2n) is 3.28. The Morgan fingerprint density at radius 2 is 1.25 bits per heavy atom. The smallest absolute Gasteiger partial charge is 0.356 e. The number of hydrogen-bond donors (Lipinski definition) is 0. The van der Waals surface area contributed by atoms with Crippen LogP contribution in [0.4, 0.5) is 0 Å². The molecule has 0 aromatic heterocycles. The molecule has 2 aromatic carbocycles. The summed E-state index contributed by atoms with van der Waals surface area (Å²) in [4.78, 5) is 10.6. The molecule has 0 amide bonds. The molecule has 1 radical (unpaired) electrons. The largest absolute Gasteiger partial charge is 0.510 e. The van der Waals surface area contributed by atoms with E-state index in [2.05, 4.69) is 0 Å². The highest BCUT2D eigenvalue weighted by Gasteiger charge is 2.19. The third-order valence-corrected chi connectivity index (χ3v) is 4.29. The molecule has 0 spiro atoms. The van der Waals surface area contributed by atoms with Crippen LogP contribution in [0.1, 0.15) is 0 Å². The molecular weight excluding hydrogens is 216 g/mol. The van der Waals surface area contributed by atoms with Gasteiger partial charge in [0.05, 0.1) is 0 Å². The van der Waals surface area contributed by atoms with Gasteiger partial charge in [-0.05, 0) is 10.4 Å². The van der Waals surface area contributed by atoms with Gasteiger partial charge in [-0.25, -0.2) is 0 Å². The Hall–Kier alpha value is -1.87. The Bertz CT molecular complexity index is 403. The SMILES string of the molecule is O=CO[Si](c1ccccc1)c1ccccc1. The molecule has 0 aliphatic heterocycles. The lowest BCUT2D eigenvalue weighted by molar-refractivity contribution is -0.120. The first-order chi connectivity index (χ1) is 7.92. The van der Waals surface area contributed by atoms with Crippen molar-refractivity contribution in [3.8, 4) is 0 Å². The standard InChI is InChI=1S/C13H11O2Si/c14-11-15-16(12-7-3-1-4-8-12)13-9-5-2-6-10-13/h1-11H. The molecule has 16 heavy (non-hydrogen) atoms. The molecular formula is C13H11O2Si. The molecule has 0 saturated carbocycles. The minimum Gasteiger partial charge on any atom is -0.510 e. The molecule has 0 atom stereocenters. The number of benzene rings is 2. The molecule has 0 N–H and O–H groups in total. The number of rotatable bonds is 4. The highest BCUT2D eigenvalue weighted by molar-refractivity contribution is 6.80. The van der Waals surface area contributed by atoms with Gasteiger partial charge in [0.25, 0.3) is 6.47 Å². The van der Waals surface area contributed by atoms with Gasteiger partial charge in [0, 0.05) is 0 Å². The lowest BCUT2D eigenvalue weighted by atomic mass is 10.4. The monoisotopic (exact) mass is 227 g/mol. The van der Waals surface area contributed by atoms with Gasteiger partial charge in [0.2, 0.25) is 0 Å². The predicted molar refractivity (Wildman–Crippen MR) is 65.1 cm³/mol. The van der Waals surface area contributed by atoms with Crippen LogP contribution in [-0.4, -0.2) is 15.5 Å². The van der Waals surface area contributed by atoms with Crippen LogP contribution in [0.25, 0.3) is 0 Å². The first-order valence-electron chi connectivity index (χ1n) is 5.00. The summed E-state index contributed by atoms with van der Waals surface area (Å²) in [6, 6.07) is 19.7. The Morgan fingerprint density at radius 3 is 1.62 bits per heavy atom. The van der Waals surface area contributed by atoms with E-state index in [1.54, 1.807) is 0 Å². The van der Waals surface area contributed by atoms with Crippen LogP contribution in [0.15, 0.2) is 60.7 Å². The molecule has 2 nitrogen and oxygen atoms in total. The zero-order valence-electron chi connectivity index (χ0n) is 8.67. The lowest BCUT2D eigenvalue weighted by Gasteiger charge is -2.11. The summed E-state index contributed by atoms with van der Waals surface area (Å²) in [5, 5.41) is 2.15. The molecule has 2 aromatic rings. The number of hydrogen-bond acceptors (Lipinski definition) is 2. The van der Waals surface area contributed by atoms with E-state index >= 15 is 0 Å². The zero-order chi connectivity index (χ0) is 11.2. The topological polar surface area (TPSA) is 26.3 Å². The molecule has 3 heteroatoms. The Balaban J connectivity index is 2.35. The summed E-state index contributed by atoms with van der Waals surface area (Å²) in [7, 11) is -1.42.